The first kappa shape index (κ1) is 11.5. The van der Waals surface area contributed by atoms with Crippen LogP contribution in [0.4, 0.5) is 5.69 Å². The van der Waals surface area contributed by atoms with Gasteiger partial charge in [-0.05, 0) is 44.2 Å². The van der Waals surface area contributed by atoms with Gasteiger partial charge in [-0.3, -0.25) is 0 Å². The molecule has 1 aliphatic heterocycles. The molecule has 0 bridgehead atoms. The van der Waals surface area contributed by atoms with E-state index in [1.807, 2.05) is 0 Å². The zero-order valence-electron chi connectivity index (χ0n) is 9.81. The maximum atomic E-state index is 8.94. The van der Waals surface area contributed by atoms with Gasteiger partial charge in [0.25, 0.3) is 0 Å². The van der Waals surface area contributed by atoms with Gasteiger partial charge in [0, 0.05) is 24.9 Å². The van der Waals surface area contributed by atoms with E-state index in [0.717, 1.165) is 12.8 Å². The van der Waals surface area contributed by atoms with Crippen molar-refractivity contribution in [3.05, 3.63) is 30.3 Å². The summed E-state index contributed by atoms with van der Waals surface area (Å²) in [5.41, 5.74) is 1.34. The van der Waals surface area contributed by atoms with Crippen LogP contribution in [0.2, 0.25) is 0 Å². The number of benzene rings is 1. The van der Waals surface area contributed by atoms with Gasteiger partial charge in [0.1, 0.15) is 0 Å². The molecule has 1 N–H and O–H groups in total. The highest BCUT2D eigenvalue weighted by molar-refractivity contribution is 5.47. The molecule has 1 fully saturated rings. The Hall–Kier alpha value is -1.02. The second-order valence-corrected chi connectivity index (χ2v) is 4.54. The first-order valence-corrected chi connectivity index (χ1v) is 6.34. The van der Waals surface area contributed by atoms with Gasteiger partial charge in [-0.15, -0.1) is 0 Å². The standard InChI is InChI=1S/C14H21NO/c16-12-6-10-14-9-4-5-11-15(14)13-7-2-1-3-8-13/h1-3,7-8,14,16H,4-6,9-12H2. The Morgan fingerprint density at radius 1 is 1.19 bits per heavy atom. The lowest BCUT2D eigenvalue weighted by molar-refractivity contribution is 0.273. The molecule has 0 aliphatic carbocycles. The third kappa shape index (κ3) is 2.76. The summed E-state index contributed by atoms with van der Waals surface area (Å²) >= 11 is 0. The smallest absolute Gasteiger partial charge is 0.0431 e. The van der Waals surface area contributed by atoms with Gasteiger partial charge >= 0.3 is 0 Å². The molecular formula is C14H21NO. The van der Waals surface area contributed by atoms with Crippen LogP contribution in [-0.2, 0) is 0 Å². The van der Waals surface area contributed by atoms with Crippen molar-refractivity contribution in [2.45, 2.75) is 38.1 Å². The molecule has 1 unspecified atom stereocenters. The molecular weight excluding hydrogens is 198 g/mol. The summed E-state index contributed by atoms with van der Waals surface area (Å²) in [5, 5.41) is 8.94. The van der Waals surface area contributed by atoms with Crippen LogP contribution in [0.15, 0.2) is 30.3 Å². The molecule has 1 heterocycles. The van der Waals surface area contributed by atoms with Crippen LogP contribution in [0.3, 0.4) is 0 Å². The van der Waals surface area contributed by atoms with Crippen LogP contribution >= 0.6 is 0 Å². The summed E-state index contributed by atoms with van der Waals surface area (Å²) in [7, 11) is 0. The number of para-hydroxylation sites is 1. The molecule has 1 saturated heterocycles. The summed E-state index contributed by atoms with van der Waals surface area (Å²) in [6.07, 6.45) is 5.94. The highest BCUT2D eigenvalue weighted by atomic mass is 16.2. The van der Waals surface area contributed by atoms with Crippen LogP contribution in [0.1, 0.15) is 32.1 Å². The van der Waals surface area contributed by atoms with E-state index in [2.05, 4.69) is 35.2 Å². The number of nitrogens with zero attached hydrogens (tertiary/aromatic N) is 1. The number of aliphatic hydroxyl groups excluding tert-OH is 1. The van der Waals surface area contributed by atoms with E-state index in [9.17, 15) is 0 Å². The number of aliphatic hydroxyl groups is 1. The van der Waals surface area contributed by atoms with Gasteiger partial charge in [-0.2, -0.15) is 0 Å². The zero-order valence-corrected chi connectivity index (χ0v) is 9.81. The minimum Gasteiger partial charge on any atom is -0.396 e. The molecule has 0 radical (unpaired) electrons. The van der Waals surface area contributed by atoms with E-state index in [0.29, 0.717) is 12.6 Å². The molecule has 2 nitrogen and oxygen atoms in total. The van der Waals surface area contributed by atoms with Crippen LogP contribution in [0.25, 0.3) is 0 Å². The Morgan fingerprint density at radius 2 is 2.00 bits per heavy atom. The highest BCUT2D eigenvalue weighted by Crippen LogP contribution is 2.26. The van der Waals surface area contributed by atoms with Gasteiger partial charge in [0.2, 0.25) is 0 Å². The van der Waals surface area contributed by atoms with E-state index in [4.69, 9.17) is 5.11 Å². The van der Waals surface area contributed by atoms with Crippen molar-refractivity contribution in [2.75, 3.05) is 18.1 Å². The van der Waals surface area contributed by atoms with Crippen molar-refractivity contribution in [3.8, 4) is 0 Å². The highest BCUT2D eigenvalue weighted by Gasteiger charge is 2.21. The average Bonchev–Trinajstić information content (AvgIpc) is 2.38. The van der Waals surface area contributed by atoms with Crippen LogP contribution in [0.5, 0.6) is 0 Å². The van der Waals surface area contributed by atoms with E-state index in [-0.39, 0.29) is 0 Å². The van der Waals surface area contributed by atoms with E-state index < -0.39 is 0 Å². The molecule has 1 aromatic rings. The normalized spacial score (nSPS) is 21.1. The molecule has 0 spiro atoms. The first-order chi connectivity index (χ1) is 7.92. The number of rotatable bonds is 4. The predicted octanol–water partition coefficient (Wildman–Crippen LogP) is 2.82. The molecule has 0 saturated carbocycles. The van der Waals surface area contributed by atoms with Gasteiger partial charge in [0.05, 0.1) is 0 Å². The molecule has 1 atom stereocenters. The molecule has 2 heteroatoms. The van der Waals surface area contributed by atoms with Gasteiger partial charge in [0.15, 0.2) is 0 Å². The quantitative estimate of drug-likeness (QED) is 0.841. The summed E-state index contributed by atoms with van der Waals surface area (Å²) in [5.74, 6) is 0. The maximum Gasteiger partial charge on any atom is 0.0431 e. The van der Waals surface area contributed by atoms with E-state index in [1.165, 1.54) is 31.5 Å². The van der Waals surface area contributed by atoms with Crippen molar-refractivity contribution >= 4 is 5.69 Å². The Kier molecular flexibility index (Phi) is 4.23. The molecule has 1 aromatic carbocycles. The van der Waals surface area contributed by atoms with Crippen molar-refractivity contribution in [1.82, 2.24) is 0 Å². The predicted molar refractivity (Wildman–Crippen MR) is 67.7 cm³/mol. The topological polar surface area (TPSA) is 23.5 Å². The largest absolute Gasteiger partial charge is 0.396 e. The fourth-order valence-electron chi connectivity index (χ4n) is 2.59. The first-order valence-electron chi connectivity index (χ1n) is 6.34. The van der Waals surface area contributed by atoms with E-state index in [1.54, 1.807) is 0 Å². The minimum atomic E-state index is 0.319. The molecule has 16 heavy (non-hydrogen) atoms. The Balaban J connectivity index is 2.04. The Labute approximate surface area is 97.9 Å². The van der Waals surface area contributed by atoms with Gasteiger partial charge in [-0.25, -0.2) is 0 Å². The molecule has 1 aliphatic rings. The van der Waals surface area contributed by atoms with Crippen LogP contribution in [0, 0.1) is 0 Å². The van der Waals surface area contributed by atoms with Crippen molar-refractivity contribution in [1.29, 1.82) is 0 Å². The zero-order chi connectivity index (χ0) is 11.2. The molecule has 0 amide bonds. The van der Waals surface area contributed by atoms with Gasteiger partial charge in [-0.1, -0.05) is 18.2 Å². The molecule has 2 rings (SSSR count). The third-order valence-corrected chi connectivity index (χ3v) is 3.41. The number of piperidine rings is 1. The number of hydrogen-bond acceptors (Lipinski definition) is 2. The average molecular weight is 219 g/mol. The summed E-state index contributed by atoms with van der Waals surface area (Å²) in [6, 6.07) is 11.3. The van der Waals surface area contributed by atoms with Gasteiger partial charge < -0.3 is 10.0 Å². The van der Waals surface area contributed by atoms with E-state index >= 15 is 0 Å². The van der Waals surface area contributed by atoms with Crippen LogP contribution < -0.4 is 4.90 Å². The summed E-state index contributed by atoms with van der Waals surface area (Å²) in [4.78, 5) is 2.51. The van der Waals surface area contributed by atoms with Crippen molar-refractivity contribution < 1.29 is 5.11 Å². The Bertz CT molecular complexity index is 299. The monoisotopic (exact) mass is 219 g/mol. The fraction of sp³-hybridized carbons (Fsp3) is 0.571. The maximum absolute atomic E-state index is 8.94. The number of hydrogen-bond donors (Lipinski definition) is 1. The lowest BCUT2D eigenvalue weighted by Crippen LogP contribution is -2.39. The number of anilines is 1. The fourth-order valence-corrected chi connectivity index (χ4v) is 2.59. The van der Waals surface area contributed by atoms with Crippen molar-refractivity contribution in [2.24, 2.45) is 0 Å². The Morgan fingerprint density at radius 3 is 2.75 bits per heavy atom. The second kappa shape index (κ2) is 5.90. The SMILES string of the molecule is OCCCC1CCCCN1c1ccccc1. The minimum absolute atomic E-state index is 0.319. The third-order valence-electron chi connectivity index (χ3n) is 3.41. The van der Waals surface area contributed by atoms with Crippen LogP contribution in [-0.4, -0.2) is 24.3 Å². The molecule has 88 valence electrons. The summed E-state index contributed by atoms with van der Waals surface area (Å²) in [6.45, 7) is 1.49. The summed E-state index contributed by atoms with van der Waals surface area (Å²) < 4.78 is 0. The molecule has 0 aromatic heterocycles. The lowest BCUT2D eigenvalue weighted by atomic mass is 9.97. The lowest BCUT2D eigenvalue weighted by Gasteiger charge is -2.37. The van der Waals surface area contributed by atoms with Crippen molar-refractivity contribution in [3.63, 3.8) is 0 Å². The second-order valence-electron chi connectivity index (χ2n) is 4.54.